The van der Waals surface area contributed by atoms with E-state index in [1.54, 1.807) is 6.20 Å². The zero-order valence-corrected chi connectivity index (χ0v) is 11.1. The number of hydrogen-bond donors (Lipinski definition) is 2. The Hall–Kier alpha value is -2.14. The summed E-state index contributed by atoms with van der Waals surface area (Å²) in [5, 5.41) is 10.3. The van der Waals surface area contributed by atoms with Gasteiger partial charge >= 0.3 is 0 Å². The number of benzene rings is 1. The number of imidazole rings is 1. The number of aryl methyl sites for hydroxylation is 1. The monoisotopic (exact) mass is 255 g/mol. The largest absolute Gasteiger partial charge is 0.330 e. The Morgan fingerprint density at radius 1 is 1.32 bits per heavy atom. The molecule has 0 amide bonds. The summed E-state index contributed by atoms with van der Waals surface area (Å²) in [7, 11) is 2.05. The molecule has 0 radical (unpaired) electrons. The fraction of sp³-hybridized carbons (Fsp3) is 0.286. The molecular weight excluding hydrogens is 238 g/mol. The van der Waals surface area contributed by atoms with Crippen molar-refractivity contribution >= 4 is 11.0 Å². The molecular formula is C14H17N5. The first-order valence-electron chi connectivity index (χ1n) is 6.38. The number of rotatable bonds is 4. The van der Waals surface area contributed by atoms with Crippen molar-refractivity contribution in [1.29, 1.82) is 0 Å². The van der Waals surface area contributed by atoms with Gasteiger partial charge in [0, 0.05) is 25.5 Å². The van der Waals surface area contributed by atoms with Gasteiger partial charge in [-0.2, -0.15) is 5.10 Å². The second-order valence-electron chi connectivity index (χ2n) is 4.70. The highest BCUT2D eigenvalue weighted by Crippen LogP contribution is 2.19. The van der Waals surface area contributed by atoms with E-state index in [-0.39, 0.29) is 6.04 Å². The van der Waals surface area contributed by atoms with Crippen molar-refractivity contribution in [2.75, 3.05) is 0 Å². The van der Waals surface area contributed by atoms with Crippen molar-refractivity contribution in [2.45, 2.75) is 19.5 Å². The van der Waals surface area contributed by atoms with Crippen molar-refractivity contribution in [3.05, 3.63) is 48.0 Å². The molecule has 19 heavy (non-hydrogen) atoms. The number of nitrogens with zero attached hydrogens (tertiary/aromatic N) is 3. The van der Waals surface area contributed by atoms with Crippen LogP contribution in [0.5, 0.6) is 0 Å². The molecule has 5 nitrogen and oxygen atoms in total. The van der Waals surface area contributed by atoms with Crippen LogP contribution in [-0.2, 0) is 13.6 Å². The fourth-order valence-electron chi connectivity index (χ4n) is 2.29. The zero-order valence-electron chi connectivity index (χ0n) is 11.1. The van der Waals surface area contributed by atoms with Gasteiger partial charge in [-0.1, -0.05) is 12.1 Å². The lowest BCUT2D eigenvalue weighted by molar-refractivity contribution is 0.527. The Kier molecular flexibility index (Phi) is 3.05. The molecule has 0 saturated carbocycles. The molecule has 3 aromatic rings. The number of fused-ring (bicyclic) bond motifs is 1. The molecule has 3 rings (SSSR count). The Balaban J connectivity index is 1.81. The van der Waals surface area contributed by atoms with Crippen LogP contribution in [0.15, 0.2) is 36.5 Å². The van der Waals surface area contributed by atoms with E-state index in [0.717, 1.165) is 29.1 Å². The van der Waals surface area contributed by atoms with Gasteiger partial charge in [0.05, 0.1) is 17.1 Å². The third-order valence-corrected chi connectivity index (χ3v) is 3.37. The lowest BCUT2D eigenvalue weighted by Gasteiger charge is -2.13. The van der Waals surface area contributed by atoms with Crippen LogP contribution in [0.3, 0.4) is 0 Å². The Morgan fingerprint density at radius 2 is 2.16 bits per heavy atom. The maximum atomic E-state index is 4.69. The molecule has 0 aliphatic carbocycles. The van der Waals surface area contributed by atoms with E-state index in [4.69, 9.17) is 0 Å². The van der Waals surface area contributed by atoms with Gasteiger partial charge in [-0.15, -0.1) is 0 Å². The van der Waals surface area contributed by atoms with Gasteiger partial charge in [0.2, 0.25) is 0 Å². The molecule has 2 aromatic heterocycles. The predicted molar refractivity (Wildman–Crippen MR) is 74.6 cm³/mol. The smallest absolute Gasteiger partial charge is 0.126 e. The average Bonchev–Trinajstić information content (AvgIpc) is 3.05. The van der Waals surface area contributed by atoms with Crippen LogP contribution in [0.2, 0.25) is 0 Å². The summed E-state index contributed by atoms with van der Waals surface area (Å²) < 4.78 is 2.14. The van der Waals surface area contributed by atoms with Gasteiger partial charge in [-0.05, 0) is 25.1 Å². The van der Waals surface area contributed by atoms with Crippen LogP contribution < -0.4 is 5.32 Å². The van der Waals surface area contributed by atoms with E-state index in [0.29, 0.717) is 0 Å². The second-order valence-corrected chi connectivity index (χ2v) is 4.70. The summed E-state index contributed by atoms with van der Waals surface area (Å²) in [4.78, 5) is 4.69. The lowest BCUT2D eigenvalue weighted by atomic mass is 10.3. The fourth-order valence-corrected chi connectivity index (χ4v) is 2.29. The molecule has 1 unspecified atom stereocenters. The minimum absolute atomic E-state index is 0.181. The van der Waals surface area contributed by atoms with Gasteiger partial charge < -0.3 is 9.88 Å². The van der Waals surface area contributed by atoms with Gasteiger partial charge in [0.25, 0.3) is 0 Å². The third kappa shape index (κ3) is 2.24. The van der Waals surface area contributed by atoms with Crippen LogP contribution >= 0.6 is 0 Å². The minimum Gasteiger partial charge on any atom is -0.330 e. The molecule has 5 heteroatoms. The quantitative estimate of drug-likeness (QED) is 0.751. The Bertz CT molecular complexity index is 668. The molecule has 0 fully saturated rings. The first-order valence-corrected chi connectivity index (χ1v) is 6.38. The predicted octanol–water partition coefficient (Wildman–Crippen LogP) is 2.15. The van der Waals surface area contributed by atoms with E-state index < -0.39 is 0 Å². The summed E-state index contributed by atoms with van der Waals surface area (Å²) in [6, 6.07) is 10.3. The van der Waals surface area contributed by atoms with E-state index in [1.807, 2.05) is 24.3 Å². The molecule has 2 heterocycles. The van der Waals surface area contributed by atoms with E-state index >= 15 is 0 Å². The second kappa shape index (κ2) is 4.85. The number of aromatic nitrogens is 4. The SMILES string of the molecule is CC(NCc1ccn[nH]1)c1nc2ccccc2n1C. The van der Waals surface area contributed by atoms with Crippen molar-refractivity contribution < 1.29 is 0 Å². The molecule has 0 aliphatic rings. The highest BCUT2D eigenvalue weighted by atomic mass is 15.1. The average molecular weight is 255 g/mol. The van der Waals surface area contributed by atoms with E-state index in [2.05, 4.69) is 45.1 Å². The molecule has 2 N–H and O–H groups in total. The standard InChI is InChI=1S/C14H17N5/c1-10(15-9-11-7-8-16-18-11)14-17-12-5-3-4-6-13(12)19(14)2/h3-8,10,15H,9H2,1-2H3,(H,16,18). The number of aromatic amines is 1. The lowest BCUT2D eigenvalue weighted by Crippen LogP contribution is -2.21. The maximum Gasteiger partial charge on any atom is 0.126 e. The van der Waals surface area contributed by atoms with Crippen molar-refractivity contribution in [3.8, 4) is 0 Å². The highest BCUT2D eigenvalue weighted by molar-refractivity contribution is 5.75. The van der Waals surface area contributed by atoms with Gasteiger partial charge in [-0.25, -0.2) is 4.98 Å². The normalized spacial score (nSPS) is 12.9. The van der Waals surface area contributed by atoms with Crippen LogP contribution in [0, 0.1) is 0 Å². The van der Waals surface area contributed by atoms with Gasteiger partial charge in [0.15, 0.2) is 0 Å². The molecule has 0 saturated heterocycles. The topological polar surface area (TPSA) is 58.5 Å². The molecule has 1 atom stereocenters. The molecule has 1 aromatic carbocycles. The van der Waals surface area contributed by atoms with Gasteiger partial charge in [-0.3, -0.25) is 5.10 Å². The Morgan fingerprint density at radius 3 is 2.89 bits per heavy atom. The van der Waals surface area contributed by atoms with E-state index in [1.165, 1.54) is 0 Å². The van der Waals surface area contributed by atoms with Crippen LogP contribution in [-0.4, -0.2) is 19.7 Å². The first-order chi connectivity index (χ1) is 9.25. The summed E-state index contributed by atoms with van der Waals surface area (Å²) in [5.74, 6) is 1.04. The number of hydrogen-bond acceptors (Lipinski definition) is 3. The minimum atomic E-state index is 0.181. The number of H-pyrrole nitrogens is 1. The number of para-hydroxylation sites is 2. The van der Waals surface area contributed by atoms with Crippen LogP contribution in [0.1, 0.15) is 24.5 Å². The summed E-state index contributed by atoms with van der Waals surface area (Å²) in [6.45, 7) is 2.88. The molecule has 0 aliphatic heterocycles. The van der Waals surface area contributed by atoms with Crippen LogP contribution in [0.4, 0.5) is 0 Å². The van der Waals surface area contributed by atoms with E-state index in [9.17, 15) is 0 Å². The molecule has 98 valence electrons. The Labute approximate surface area is 111 Å². The third-order valence-electron chi connectivity index (χ3n) is 3.37. The zero-order chi connectivity index (χ0) is 13.2. The maximum absolute atomic E-state index is 4.69. The molecule has 0 spiro atoms. The van der Waals surface area contributed by atoms with Crippen LogP contribution in [0.25, 0.3) is 11.0 Å². The first kappa shape index (κ1) is 11.9. The van der Waals surface area contributed by atoms with Crippen molar-refractivity contribution in [3.63, 3.8) is 0 Å². The summed E-state index contributed by atoms with van der Waals surface area (Å²) in [6.07, 6.45) is 1.76. The summed E-state index contributed by atoms with van der Waals surface area (Å²) in [5.41, 5.74) is 3.27. The molecule has 0 bridgehead atoms. The number of nitrogens with one attached hydrogen (secondary N) is 2. The van der Waals surface area contributed by atoms with Crippen molar-refractivity contribution in [1.82, 2.24) is 25.1 Å². The van der Waals surface area contributed by atoms with Gasteiger partial charge in [0.1, 0.15) is 5.82 Å². The van der Waals surface area contributed by atoms with Crippen molar-refractivity contribution in [2.24, 2.45) is 7.05 Å². The highest BCUT2D eigenvalue weighted by Gasteiger charge is 2.13. The summed E-state index contributed by atoms with van der Waals surface area (Å²) >= 11 is 0.